The average Bonchev–Trinajstić information content (AvgIpc) is 3.01. The van der Waals surface area contributed by atoms with Gasteiger partial charge in [-0.3, -0.25) is 9.59 Å². The lowest BCUT2D eigenvalue weighted by atomic mass is 9.78. The van der Waals surface area contributed by atoms with E-state index in [9.17, 15) is 9.59 Å². The normalized spacial score (nSPS) is 19.9. The van der Waals surface area contributed by atoms with E-state index in [1.807, 2.05) is 6.07 Å². The maximum Gasteiger partial charge on any atom is 0.261 e. The van der Waals surface area contributed by atoms with Crippen molar-refractivity contribution in [1.82, 2.24) is 9.47 Å². The highest BCUT2D eigenvalue weighted by Crippen LogP contribution is 2.45. The summed E-state index contributed by atoms with van der Waals surface area (Å²) in [6.45, 7) is 6.22. The molecule has 0 radical (unpaired) electrons. The van der Waals surface area contributed by atoms with Crippen LogP contribution in [0.3, 0.4) is 0 Å². The topological polar surface area (TPSA) is 42.3 Å². The van der Waals surface area contributed by atoms with Gasteiger partial charge in [0.05, 0.1) is 5.56 Å². The molecule has 2 aliphatic rings. The highest BCUT2D eigenvalue weighted by atomic mass is 16.1. The Hall–Kier alpha value is -1.42. The molecule has 2 heterocycles. The summed E-state index contributed by atoms with van der Waals surface area (Å²) >= 11 is 0. The molecule has 4 heteroatoms. The Morgan fingerprint density at radius 3 is 2.57 bits per heavy atom. The van der Waals surface area contributed by atoms with Crippen LogP contribution in [0, 0.1) is 5.41 Å². The fourth-order valence-corrected chi connectivity index (χ4v) is 4.23. The van der Waals surface area contributed by atoms with E-state index in [0.717, 1.165) is 19.4 Å². The fraction of sp³-hybridized carbons (Fsp3) is 0.684. The van der Waals surface area contributed by atoms with Gasteiger partial charge >= 0.3 is 0 Å². The molecule has 3 rings (SSSR count). The zero-order chi connectivity index (χ0) is 16.3. The van der Waals surface area contributed by atoms with Gasteiger partial charge in [-0.1, -0.05) is 19.8 Å². The third-order valence-electron chi connectivity index (χ3n) is 5.55. The summed E-state index contributed by atoms with van der Waals surface area (Å²) in [5, 5.41) is 0. The third kappa shape index (κ3) is 3.57. The minimum Gasteiger partial charge on any atom is -0.315 e. The minimum absolute atomic E-state index is 0.0632. The number of Topliss-reactive ketones (excluding diaryl/α,β-unsaturated/α-hetero) is 1. The molecule has 0 aromatic carbocycles. The number of rotatable bonds is 7. The van der Waals surface area contributed by atoms with Gasteiger partial charge in [0.15, 0.2) is 5.78 Å². The molecule has 0 atom stereocenters. The lowest BCUT2D eigenvalue weighted by Gasteiger charge is -2.48. The van der Waals surface area contributed by atoms with E-state index in [4.69, 9.17) is 0 Å². The summed E-state index contributed by atoms with van der Waals surface area (Å²) in [5.74, 6) is -0.0632. The average molecular weight is 316 g/mol. The van der Waals surface area contributed by atoms with Crippen LogP contribution in [0.5, 0.6) is 0 Å². The number of carbonyl (C=O) groups is 1. The molecule has 2 fully saturated rings. The molecule has 126 valence electrons. The number of pyridine rings is 1. The summed E-state index contributed by atoms with van der Waals surface area (Å²) in [6.07, 6.45) is 9.99. The van der Waals surface area contributed by atoms with Gasteiger partial charge in [-0.25, -0.2) is 0 Å². The third-order valence-corrected chi connectivity index (χ3v) is 5.55. The van der Waals surface area contributed by atoms with Crippen molar-refractivity contribution in [2.45, 2.75) is 58.4 Å². The molecule has 0 bridgehead atoms. The lowest BCUT2D eigenvalue weighted by molar-refractivity contribution is 0.00512. The lowest BCUT2D eigenvalue weighted by Crippen LogP contribution is -2.54. The van der Waals surface area contributed by atoms with Crippen molar-refractivity contribution in [3.8, 4) is 0 Å². The first kappa shape index (κ1) is 16.4. The van der Waals surface area contributed by atoms with Crippen LogP contribution in [-0.2, 0) is 6.54 Å². The van der Waals surface area contributed by atoms with Crippen LogP contribution in [0.2, 0.25) is 0 Å². The van der Waals surface area contributed by atoms with Crippen molar-refractivity contribution in [3.05, 3.63) is 34.2 Å². The summed E-state index contributed by atoms with van der Waals surface area (Å²) in [6, 6.07) is 3.45. The van der Waals surface area contributed by atoms with Crippen LogP contribution < -0.4 is 5.56 Å². The summed E-state index contributed by atoms with van der Waals surface area (Å²) < 4.78 is 1.69. The quantitative estimate of drug-likeness (QED) is 0.573. The maximum absolute atomic E-state index is 12.3. The molecule has 0 unspecified atom stereocenters. The highest BCUT2D eigenvalue weighted by Gasteiger charge is 2.43. The molecule has 1 aliphatic heterocycles. The molecule has 0 amide bonds. The number of aromatic nitrogens is 1. The Bertz CT molecular complexity index is 606. The van der Waals surface area contributed by atoms with E-state index in [2.05, 4.69) is 4.90 Å². The summed E-state index contributed by atoms with van der Waals surface area (Å²) in [7, 11) is 0. The van der Waals surface area contributed by atoms with Crippen molar-refractivity contribution < 1.29 is 4.79 Å². The number of hydrogen-bond donors (Lipinski definition) is 0. The zero-order valence-electron chi connectivity index (χ0n) is 14.2. The second-order valence-corrected chi connectivity index (χ2v) is 7.32. The van der Waals surface area contributed by atoms with Crippen LogP contribution >= 0.6 is 0 Å². The monoisotopic (exact) mass is 316 g/mol. The van der Waals surface area contributed by atoms with Crippen LogP contribution in [0.15, 0.2) is 23.1 Å². The van der Waals surface area contributed by atoms with Crippen molar-refractivity contribution in [2.75, 3.05) is 19.6 Å². The molecule has 1 saturated carbocycles. The second kappa shape index (κ2) is 7.00. The van der Waals surface area contributed by atoms with Crippen molar-refractivity contribution >= 4 is 5.78 Å². The van der Waals surface area contributed by atoms with Crippen molar-refractivity contribution in [3.63, 3.8) is 0 Å². The predicted octanol–water partition coefficient (Wildman–Crippen LogP) is 3.10. The van der Waals surface area contributed by atoms with Crippen molar-refractivity contribution in [1.29, 1.82) is 0 Å². The van der Waals surface area contributed by atoms with E-state index in [-0.39, 0.29) is 11.3 Å². The first-order valence-corrected chi connectivity index (χ1v) is 9.09. The van der Waals surface area contributed by atoms with E-state index < -0.39 is 0 Å². The first-order chi connectivity index (χ1) is 11.1. The molecule has 1 aromatic heterocycles. The molecular weight excluding hydrogens is 288 g/mol. The Labute approximate surface area is 138 Å². The molecule has 1 aromatic rings. The Morgan fingerprint density at radius 2 is 1.87 bits per heavy atom. The molecule has 0 N–H and O–H groups in total. The van der Waals surface area contributed by atoms with Crippen LogP contribution in [0.25, 0.3) is 0 Å². The zero-order valence-corrected chi connectivity index (χ0v) is 14.2. The summed E-state index contributed by atoms with van der Waals surface area (Å²) in [5.41, 5.74) is 0.875. The number of ketones is 1. The molecule has 4 nitrogen and oxygen atoms in total. The maximum atomic E-state index is 12.3. The van der Waals surface area contributed by atoms with E-state index >= 15 is 0 Å². The number of nitrogens with zero attached hydrogens (tertiary/aromatic N) is 2. The van der Waals surface area contributed by atoms with Gasteiger partial charge < -0.3 is 9.47 Å². The van der Waals surface area contributed by atoms with Crippen LogP contribution in [0.1, 0.15) is 62.2 Å². The Kier molecular flexibility index (Phi) is 5.00. The smallest absolute Gasteiger partial charge is 0.261 e. The molecular formula is C19H28N2O2. The van der Waals surface area contributed by atoms with Gasteiger partial charge in [-0.05, 0) is 49.8 Å². The Balaban J connectivity index is 1.43. The van der Waals surface area contributed by atoms with Gasteiger partial charge in [0.1, 0.15) is 0 Å². The van der Waals surface area contributed by atoms with Gasteiger partial charge in [0, 0.05) is 32.3 Å². The van der Waals surface area contributed by atoms with E-state index in [1.54, 1.807) is 23.8 Å². The SMILES string of the molecule is CCC(=O)c1cccn(CCCCN2CC3(CCCC3)C2)c1=O. The number of unbranched alkanes of at least 4 members (excludes halogenated alkanes) is 1. The van der Waals surface area contributed by atoms with Crippen LogP contribution in [-0.4, -0.2) is 34.9 Å². The van der Waals surface area contributed by atoms with E-state index in [1.165, 1.54) is 38.8 Å². The largest absolute Gasteiger partial charge is 0.315 e. The number of aryl methyl sites for hydroxylation is 1. The van der Waals surface area contributed by atoms with Gasteiger partial charge in [-0.2, -0.15) is 0 Å². The first-order valence-electron chi connectivity index (χ1n) is 9.09. The highest BCUT2D eigenvalue weighted by molar-refractivity contribution is 5.95. The number of hydrogen-bond acceptors (Lipinski definition) is 3. The van der Waals surface area contributed by atoms with Crippen molar-refractivity contribution in [2.24, 2.45) is 5.41 Å². The standard InChI is InChI=1S/C19H28N2O2/c1-2-17(22)16-8-7-13-21(18(16)23)12-6-5-11-20-14-19(15-20)9-3-4-10-19/h7-8,13H,2-6,9-12,14-15H2,1H3. The fourth-order valence-electron chi connectivity index (χ4n) is 4.23. The van der Waals surface area contributed by atoms with E-state index in [0.29, 0.717) is 23.9 Å². The Morgan fingerprint density at radius 1 is 1.17 bits per heavy atom. The molecule has 23 heavy (non-hydrogen) atoms. The number of carbonyl (C=O) groups excluding carboxylic acids is 1. The predicted molar refractivity (Wildman–Crippen MR) is 91.9 cm³/mol. The second-order valence-electron chi connectivity index (χ2n) is 7.32. The summed E-state index contributed by atoms with van der Waals surface area (Å²) in [4.78, 5) is 26.6. The van der Waals surface area contributed by atoms with Gasteiger partial charge in [-0.15, -0.1) is 0 Å². The van der Waals surface area contributed by atoms with Gasteiger partial charge in [0.25, 0.3) is 5.56 Å². The molecule has 1 saturated heterocycles. The number of likely N-dealkylation sites (tertiary alicyclic amines) is 1. The molecule has 1 aliphatic carbocycles. The molecule has 1 spiro atoms. The van der Waals surface area contributed by atoms with Gasteiger partial charge in [0.2, 0.25) is 0 Å². The van der Waals surface area contributed by atoms with Crippen LogP contribution in [0.4, 0.5) is 0 Å². The minimum atomic E-state index is -0.131.